The number of rotatable bonds is 6. The van der Waals surface area contributed by atoms with E-state index in [-0.39, 0.29) is 8.94 Å². The van der Waals surface area contributed by atoms with Crippen LogP contribution in [0.3, 0.4) is 0 Å². The molecule has 2 aromatic carbocycles. The molecule has 4 nitrogen and oxygen atoms in total. The van der Waals surface area contributed by atoms with Crippen LogP contribution in [0.1, 0.15) is 11.1 Å². The standard InChI is InChI=1S/C16H18O4Te/c1-19-15-7-3-13(4-8-15)11-21(17,18)12-14-5-9-16(20-2)10-6-14/h3-10H,11-12H2,1-2H3. The Labute approximate surface area is 128 Å². The summed E-state index contributed by atoms with van der Waals surface area (Å²) in [6.45, 7) is 0. The molecule has 0 unspecified atom stereocenters. The maximum atomic E-state index is 12.3. The molecule has 0 aliphatic rings. The zero-order valence-electron chi connectivity index (χ0n) is 12.1. The summed E-state index contributed by atoms with van der Waals surface area (Å²) in [5, 5.41) is 0. The van der Waals surface area contributed by atoms with Gasteiger partial charge in [-0.25, -0.2) is 0 Å². The Balaban J connectivity index is 2.06. The summed E-state index contributed by atoms with van der Waals surface area (Å²) in [4.78, 5) is 0. The van der Waals surface area contributed by atoms with Crippen molar-refractivity contribution in [3.8, 4) is 11.5 Å². The van der Waals surface area contributed by atoms with Crippen molar-refractivity contribution in [1.82, 2.24) is 0 Å². The zero-order valence-corrected chi connectivity index (χ0v) is 14.4. The molecule has 2 aromatic rings. The number of hydrogen-bond donors (Lipinski definition) is 0. The first-order valence-corrected chi connectivity index (χ1v) is 11.7. The fraction of sp³-hybridized carbons (Fsp3) is 0.250. The Hall–Kier alpha value is -1.57. The molecule has 0 aliphatic carbocycles. The average molecular weight is 402 g/mol. The van der Waals surface area contributed by atoms with Gasteiger partial charge in [0.2, 0.25) is 0 Å². The molecule has 0 saturated carbocycles. The SMILES string of the molecule is COc1ccc(C[Te](=O)(=O)Cc2ccc(OC)cc2)cc1. The van der Waals surface area contributed by atoms with Crippen molar-refractivity contribution < 1.29 is 15.7 Å². The van der Waals surface area contributed by atoms with E-state index in [2.05, 4.69) is 0 Å². The fourth-order valence-electron chi connectivity index (χ4n) is 2.00. The minimum absolute atomic E-state index is 0.124. The molecule has 0 aliphatic heterocycles. The van der Waals surface area contributed by atoms with Gasteiger partial charge < -0.3 is 0 Å². The Morgan fingerprint density at radius 1 is 0.714 bits per heavy atom. The second kappa shape index (κ2) is 6.93. The van der Waals surface area contributed by atoms with E-state index in [4.69, 9.17) is 9.47 Å². The first-order chi connectivity index (χ1) is 10.0. The summed E-state index contributed by atoms with van der Waals surface area (Å²) in [5.41, 5.74) is 1.60. The summed E-state index contributed by atoms with van der Waals surface area (Å²) in [7, 11) is 3.17. The van der Waals surface area contributed by atoms with Crippen LogP contribution in [0.2, 0.25) is 0 Å². The Bertz CT molecular complexity index is 618. The molecule has 0 aromatic heterocycles. The molecule has 0 amide bonds. The van der Waals surface area contributed by atoms with Crippen LogP contribution in [0.5, 0.6) is 11.5 Å². The van der Waals surface area contributed by atoms with Gasteiger partial charge in [0.1, 0.15) is 0 Å². The van der Waals surface area contributed by atoms with Gasteiger partial charge in [0.15, 0.2) is 0 Å². The van der Waals surface area contributed by atoms with Gasteiger partial charge in [-0.05, 0) is 0 Å². The average Bonchev–Trinajstić information content (AvgIpc) is 2.48. The van der Waals surface area contributed by atoms with Crippen molar-refractivity contribution in [2.24, 2.45) is 0 Å². The molecule has 0 atom stereocenters. The summed E-state index contributed by atoms with van der Waals surface area (Å²) in [6.07, 6.45) is 0. The first kappa shape index (κ1) is 15.8. The van der Waals surface area contributed by atoms with Gasteiger partial charge in [-0.1, -0.05) is 0 Å². The molecule has 0 N–H and O–H groups in total. The van der Waals surface area contributed by atoms with Crippen molar-refractivity contribution in [3.63, 3.8) is 0 Å². The van der Waals surface area contributed by atoms with E-state index in [0.717, 1.165) is 22.6 Å². The Morgan fingerprint density at radius 3 is 1.33 bits per heavy atom. The van der Waals surface area contributed by atoms with Crippen LogP contribution in [0.25, 0.3) is 0 Å². The second-order valence-electron chi connectivity index (χ2n) is 4.73. The third-order valence-corrected chi connectivity index (χ3v) is 7.50. The van der Waals surface area contributed by atoms with Gasteiger partial charge in [-0.15, -0.1) is 0 Å². The molecular weight excluding hydrogens is 384 g/mol. The maximum absolute atomic E-state index is 12.3. The monoisotopic (exact) mass is 404 g/mol. The van der Waals surface area contributed by atoms with E-state index in [1.54, 1.807) is 62.8 Å². The fourth-order valence-corrected chi connectivity index (χ4v) is 6.29. The molecular formula is C16H18O4Te. The van der Waals surface area contributed by atoms with Gasteiger partial charge in [-0.2, -0.15) is 0 Å². The third kappa shape index (κ3) is 4.73. The van der Waals surface area contributed by atoms with Gasteiger partial charge >= 0.3 is 128 Å². The molecule has 0 radical (unpaired) electrons. The normalized spacial score (nSPS) is 11.1. The van der Waals surface area contributed by atoms with E-state index in [1.807, 2.05) is 0 Å². The molecule has 0 saturated heterocycles. The van der Waals surface area contributed by atoms with Crippen LogP contribution in [-0.2, 0) is 15.1 Å². The van der Waals surface area contributed by atoms with Crippen LogP contribution in [0.4, 0.5) is 0 Å². The predicted octanol–water partition coefficient (Wildman–Crippen LogP) is 2.87. The van der Waals surface area contributed by atoms with Crippen LogP contribution < -0.4 is 9.47 Å². The molecule has 112 valence electrons. The predicted molar refractivity (Wildman–Crippen MR) is 80.5 cm³/mol. The topological polar surface area (TPSA) is 52.6 Å². The van der Waals surface area contributed by atoms with Crippen molar-refractivity contribution in [1.29, 1.82) is 0 Å². The summed E-state index contributed by atoms with van der Waals surface area (Å²) in [6, 6.07) is 14.3. The van der Waals surface area contributed by atoms with E-state index in [0.29, 0.717) is 0 Å². The number of ether oxygens (including phenoxy) is 2. The van der Waals surface area contributed by atoms with Crippen LogP contribution in [0.15, 0.2) is 48.5 Å². The summed E-state index contributed by atoms with van der Waals surface area (Å²) >= 11 is -4.39. The molecule has 0 heterocycles. The quantitative estimate of drug-likeness (QED) is 0.698. The summed E-state index contributed by atoms with van der Waals surface area (Å²) < 4.78 is 35.0. The molecule has 2 rings (SSSR count). The van der Waals surface area contributed by atoms with Crippen molar-refractivity contribution >= 4 is 18.1 Å². The number of benzene rings is 2. The van der Waals surface area contributed by atoms with Gasteiger partial charge in [-0.3, -0.25) is 0 Å². The van der Waals surface area contributed by atoms with Crippen LogP contribution >= 0.6 is 0 Å². The molecule has 0 bridgehead atoms. The van der Waals surface area contributed by atoms with Gasteiger partial charge in [0.05, 0.1) is 0 Å². The van der Waals surface area contributed by atoms with Crippen molar-refractivity contribution in [3.05, 3.63) is 59.7 Å². The number of hydrogen-bond acceptors (Lipinski definition) is 4. The van der Waals surface area contributed by atoms with E-state index >= 15 is 0 Å². The summed E-state index contributed by atoms with van der Waals surface area (Å²) in [5.74, 6) is 1.45. The molecule has 0 spiro atoms. The molecule has 21 heavy (non-hydrogen) atoms. The third-order valence-electron chi connectivity index (χ3n) is 3.09. The minimum atomic E-state index is -4.39. The molecule has 0 fully saturated rings. The van der Waals surface area contributed by atoms with E-state index < -0.39 is 18.1 Å². The second-order valence-corrected chi connectivity index (χ2v) is 10.6. The molecule has 5 heteroatoms. The van der Waals surface area contributed by atoms with E-state index in [9.17, 15) is 6.21 Å². The van der Waals surface area contributed by atoms with Crippen molar-refractivity contribution in [2.75, 3.05) is 14.2 Å². The Kier molecular flexibility index (Phi) is 5.22. The van der Waals surface area contributed by atoms with Crippen LogP contribution in [-0.4, -0.2) is 32.4 Å². The number of methoxy groups -OCH3 is 2. The zero-order chi connectivity index (χ0) is 15.3. The van der Waals surface area contributed by atoms with Gasteiger partial charge in [0, 0.05) is 0 Å². The van der Waals surface area contributed by atoms with Crippen LogP contribution in [0, 0.1) is 0 Å². The van der Waals surface area contributed by atoms with Gasteiger partial charge in [0.25, 0.3) is 0 Å². The van der Waals surface area contributed by atoms with Crippen molar-refractivity contribution in [2.45, 2.75) is 8.94 Å². The van der Waals surface area contributed by atoms with E-state index in [1.165, 1.54) is 0 Å². The first-order valence-electron chi connectivity index (χ1n) is 6.49. The Morgan fingerprint density at radius 2 is 1.05 bits per heavy atom.